The Hall–Kier alpha value is -0.320. The Morgan fingerprint density at radius 3 is 2.18 bits per heavy atom. The molecule has 0 N–H and O–H groups in total. The van der Waals surface area contributed by atoms with Gasteiger partial charge in [0.1, 0.15) is 0 Å². The Bertz CT molecular complexity index is 258. The predicted octanol–water partition coefficient (Wildman–Crippen LogP) is 2.41. The van der Waals surface area contributed by atoms with Gasteiger partial charge in [-0.2, -0.15) is 15.0 Å². The summed E-state index contributed by atoms with van der Waals surface area (Å²) >= 11 is 12.2. The largest absolute Gasteiger partial charge is 0.227 e. The molecule has 1 rings (SSSR count). The summed E-state index contributed by atoms with van der Waals surface area (Å²) in [6.45, 7) is 3.49. The zero-order valence-electron chi connectivity index (χ0n) is 5.29. The summed E-state index contributed by atoms with van der Waals surface area (Å²) in [5, 5.41) is 2.22. The first-order valence-electron chi connectivity index (χ1n) is 2.57. The SMILES string of the molecule is C=CSc1nc(Cl)nc(Cl)n1. The maximum Gasteiger partial charge on any atom is 0.227 e. The van der Waals surface area contributed by atoms with E-state index in [2.05, 4.69) is 21.5 Å². The van der Waals surface area contributed by atoms with E-state index in [4.69, 9.17) is 23.2 Å². The smallest absolute Gasteiger partial charge is 0.191 e. The Kier molecular flexibility index (Phi) is 3.11. The molecule has 3 nitrogen and oxygen atoms in total. The van der Waals surface area contributed by atoms with Crippen LogP contribution in [-0.2, 0) is 0 Å². The molecule has 58 valence electrons. The van der Waals surface area contributed by atoms with E-state index in [1.54, 1.807) is 5.41 Å². The first-order valence-corrected chi connectivity index (χ1v) is 4.20. The molecule has 0 radical (unpaired) electrons. The van der Waals surface area contributed by atoms with Crippen LogP contribution in [0.25, 0.3) is 0 Å². The van der Waals surface area contributed by atoms with E-state index in [0.717, 1.165) is 0 Å². The Morgan fingerprint density at radius 1 is 1.18 bits per heavy atom. The topological polar surface area (TPSA) is 38.7 Å². The Morgan fingerprint density at radius 2 is 1.73 bits per heavy atom. The van der Waals surface area contributed by atoms with Crippen molar-refractivity contribution in [1.82, 2.24) is 15.0 Å². The van der Waals surface area contributed by atoms with Crippen LogP contribution in [0.15, 0.2) is 17.1 Å². The lowest BCUT2D eigenvalue weighted by Crippen LogP contribution is -1.90. The van der Waals surface area contributed by atoms with E-state index in [1.807, 2.05) is 0 Å². The number of hydrogen-bond donors (Lipinski definition) is 0. The van der Waals surface area contributed by atoms with Crippen LogP contribution in [0.1, 0.15) is 0 Å². The molecule has 0 saturated carbocycles. The quantitative estimate of drug-likeness (QED) is 0.699. The van der Waals surface area contributed by atoms with Gasteiger partial charge >= 0.3 is 0 Å². The second kappa shape index (κ2) is 3.90. The van der Waals surface area contributed by atoms with Gasteiger partial charge in [0.2, 0.25) is 10.6 Å². The molecule has 0 atom stereocenters. The van der Waals surface area contributed by atoms with Gasteiger partial charge in [0.15, 0.2) is 5.16 Å². The molecular weight excluding hydrogens is 205 g/mol. The molecule has 11 heavy (non-hydrogen) atoms. The van der Waals surface area contributed by atoms with E-state index < -0.39 is 0 Å². The number of halogens is 2. The average molecular weight is 208 g/mol. The number of thioether (sulfide) groups is 1. The van der Waals surface area contributed by atoms with Crippen LogP contribution in [0, 0.1) is 0 Å². The second-order valence-electron chi connectivity index (χ2n) is 1.44. The zero-order valence-corrected chi connectivity index (χ0v) is 7.62. The Labute approximate surface area is 77.9 Å². The summed E-state index contributed by atoms with van der Waals surface area (Å²) < 4.78 is 0. The highest BCUT2D eigenvalue weighted by atomic mass is 35.5. The first-order chi connectivity index (χ1) is 5.22. The molecule has 0 spiro atoms. The molecular formula is C5H3Cl2N3S. The van der Waals surface area contributed by atoms with Crippen LogP contribution in [0.2, 0.25) is 10.6 Å². The number of aromatic nitrogens is 3. The highest BCUT2D eigenvalue weighted by Gasteiger charge is 2.00. The van der Waals surface area contributed by atoms with E-state index >= 15 is 0 Å². The lowest BCUT2D eigenvalue weighted by molar-refractivity contribution is 0.907. The van der Waals surface area contributed by atoms with Crippen molar-refractivity contribution in [1.29, 1.82) is 0 Å². The highest BCUT2D eigenvalue weighted by molar-refractivity contribution is 8.01. The zero-order chi connectivity index (χ0) is 8.27. The van der Waals surface area contributed by atoms with Gasteiger partial charge in [0, 0.05) is 0 Å². The van der Waals surface area contributed by atoms with Crippen molar-refractivity contribution in [3.8, 4) is 0 Å². The molecule has 0 aliphatic carbocycles. The summed E-state index contributed by atoms with van der Waals surface area (Å²) in [7, 11) is 0. The van der Waals surface area contributed by atoms with Crippen LogP contribution in [-0.4, -0.2) is 15.0 Å². The molecule has 6 heteroatoms. The second-order valence-corrected chi connectivity index (χ2v) is 3.05. The minimum absolute atomic E-state index is 0.0920. The van der Waals surface area contributed by atoms with Crippen molar-refractivity contribution in [3.63, 3.8) is 0 Å². The molecule has 0 bridgehead atoms. The van der Waals surface area contributed by atoms with E-state index in [0.29, 0.717) is 5.16 Å². The average Bonchev–Trinajstić information content (AvgIpc) is 1.85. The maximum atomic E-state index is 5.49. The molecule has 1 aromatic rings. The molecule has 0 saturated heterocycles. The Balaban J connectivity index is 2.98. The van der Waals surface area contributed by atoms with Crippen molar-refractivity contribution in [2.45, 2.75) is 5.16 Å². The summed E-state index contributed by atoms with van der Waals surface area (Å²) in [4.78, 5) is 11.1. The highest BCUT2D eigenvalue weighted by Crippen LogP contribution is 2.16. The van der Waals surface area contributed by atoms with Gasteiger partial charge in [-0.3, -0.25) is 0 Å². The maximum absolute atomic E-state index is 5.49. The molecule has 1 aromatic heterocycles. The van der Waals surface area contributed by atoms with Gasteiger partial charge in [-0.05, 0) is 28.6 Å². The van der Waals surface area contributed by atoms with Crippen LogP contribution in [0.4, 0.5) is 0 Å². The molecule has 0 unspecified atom stereocenters. The fourth-order valence-electron chi connectivity index (χ4n) is 0.436. The molecule has 0 fully saturated rings. The van der Waals surface area contributed by atoms with E-state index in [-0.39, 0.29) is 10.6 Å². The van der Waals surface area contributed by atoms with E-state index in [1.165, 1.54) is 11.8 Å². The van der Waals surface area contributed by atoms with Crippen molar-refractivity contribution in [2.24, 2.45) is 0 Å². The predicted molar refractivity (Wildman–Crippen MR) is 45.9 cm³/mol. The molecule has 1 heterocycles. The third kappa shape index (κ3) is 2.65. The summed E-state index contributed by atoms with van der Waals surface area (Å²) in [5.74, 6) is 0. The fraction of sp³-hybridized carbons (Fsp3) is 0. The van der Waals surface area contributed by atoms with Crippen molar-refractivity contribution >= 4 is 35.0 Å². The standard InChI is InChI=1S/C5H3Cl2N3S/c1-2-11-5-9-3(6)8-4(7)10-5/h2H,1H2. The van der Waals surface area contributed by atoms with Gasteiger partial charge in [-0.1, -0.05) is 18.3 Å². The third-order valence-electron chi connectivity index (χ3n) is 0.749. The monoisotopic (exact) mass is 207 g/mol. The first kappa shape index (κ1) is 8.77. The van der Waals surface area contributed by atoms with Crippen LogP contribution >= 0.6 is 35.0 Å². The van der Waals surface area contributed by atoms with Gasteiger partial charge in [0.05, 0.1) is 0 Å². The van der Waals surface area contributed by atoms with Crippen molar-refractivity contribution < 1.29 is 0 Å². The van der Waals surface area contributed by atoms with Gasteiger partial charge in [-0.15, -0.1) is 0 Å². The number of rotatable bonds is 2. The molecule has 0 amide bonds. The van der Waals surface area contributed by atoms with Crippen LogP contribution < -0.4 is 0 Å². The van der Waals surface area contributed by atoms with Gasteiger partial charge in [-0.25, -0.2) is 0 Å². The van der Waals surface area contributed by atoms with Crippen molar-refractivity contribution in [2.75, 3.05) is 0 Å². The van der Waals surface area contributed by atoms with Crippen molar-refractivity contribution in [3.05, 3.63) is 22.6 Å². The lowest BCUT2D eigenvalue weighted by atomic mass is 11.1. The molecule has 0 aliphatic heterocycles. The fourth-order valence-corrected chi connectivity index (χ4v) is 1.33. The summed E-state index contributed by atoms with van der Waals surface area (Å²) in [5.41, 5.74) is 0. The van der Waals surface area contributed by atoms with Gasteiger partial charge < -0.3 is 0 Å². The minimum Gasteiger partial charge on any atom is -0.191 e. The van der Waals surface area contributed by atoms with E-state index in [9.17, 15) is 0 Å². The van der Waals surface area contributed by atoms with Gasteiger partial charge in [0.25, 0.3) is 0 Å². The lowest BCUT2D eigenvalue weighted by Gasteiger charge is -1.94. The molecule has 0 aromatic carbocycles. The number of nitrogens with zero attached hydrogens (tertiary/aromatic N) is 3. The van der Waals surface area contributed by atoms with Crippen LogP contribution in [0.5, 0.6) is 0 Å². The molecule has 0 aliphatic rings. The summed E-state index contributed by atoms with van der Waals surface area (Å²) in [6, 6.07) is 0. The minimum atomic E-state index is 0.0920. The van der Waals surface area contributed by atoms with Crippen LogP contribution in [0.3, 0.4) is 0 Å². The number of hydrogen-bond acceptors (Lipinski definition) is 4. The normalized spacial score (nSPS) is 9.64. The summed E-state index contributed by atoms with van der Waals surface area (Å²) in [6.07, 6.45) is 0. The third-order valence-corrected chi connectivity index (χ3v) is 1.65.